The van der Waals surface area contributed by atoms with Gasteiger partial charge in [0.2, 0.25) is 0 Å². The summed E-state index contributed by atoms with van der Waals surface area (Å²) in [5.74, 6) is 5.23. The third-order valence-electron chi connectivity index (χ3n) is 9.52. The Morgan fingerprint density at radius 2 is 1.24 bits per heavy atom. The van der Waals surface area contributed by atoms with Gasteiger partial charge in [-0.25, -0.2) is 0 Å². The molecule has 0 N–H and O–H groups in total. The van der Waals surface area contributed by atoms with E-state index in [1.165, 1.54) is 49.6 Å². The van der Waals surface area contributed by atoms with E-state index in [2.05, 4.69) is 96.9 Å². The average Bonchev–Trinajstić information content (AvgIpc) is 2.78. The minimum atomic E-state index is -1.70. The van der Waals surface area contributed by atoms with Crippen LogP contribution in [0.3, 0.4) is 0 Å². The molecule has 187 valence electrons. The first-order chi connectivity index (χ1) is 16.2. The molecule has 2 saturated carbocycles. The standard InChI is InChI=1S/C32H50GeN/c1-21(2)26-17-15-23(5)19-29(26)33(30-20-24(6)16-18-27(30)22(3)4)28-13-9-11-25-12-10-14-31(32(25)28)34(7)8/h9-14,21-24,26-27,29-30H,15-20H2,1-8H3/t23-,24-,26+,27+,29-,30-/m1/s1. The van der Waals surface area contributed by atoms with Crippen LogP contribution < -0.4 is 9.30 Å². The maximum atomic E-state index is 2.61. The van der Waals surface area contributed by atoms with Crippen LogP contribution >= 0.6 is 0 Å². The third kappa shape index (κ3) is 5.25. The first-order valence-electron chi connectivity index (χ1n) is 14.2. The Bertz CT molecular complexity index is 910. The zero-order valence-electron chi connectivity index (χ0n) is 23.3. The van der Waals surface area contributed by atoms with Crippen LogP contribution in [0.15, 0.2) is 36.4 Å². The summed E-state index contributed by atoms with van der Waals surface area (Å²) < 4.78 is 3.75. The first-order valence-corrected chi connectivity index (χ1v) is 17.7. The van der Waals surface area contributed by atoms with E-state index in [-0.39, 0.29) is 0 Å². The van der Waals surface area contributed by atoms with E-state index in [9.17, 15) is 0 Å². The van der Waals surface area contributed by atoms with Gasteiger partial charge in [0, 0.05) is 0 Å². The topological polar surface area (TPSA) is 3.24 Å². The van der Waals surface area contributed by atoms with Crippen molar-refractivity contribution in [3.8, 4) is 0 Å². The predicted octanol–water partition coefficient (Wildman–Crippen LogP) is 8.53. The molecule has 2 heteroatoms. The van der Waals surface area contributed by atoms with Crippen LogP contribution in [0, 0.1) is 35.5 Å². The van der Waals surface area contributed by atoms with Gasteiger partial charge in [0.1, 0.15) is 0 Å². The predicted molar refractivity (Wildman–Crippen MR) is 154 cm³/mol. The number of fused-ring (bicyclic) bond motifs is 1. The number of hydrogen-bond donors (Lipinski definition) is 0. The fraction of sp³-hybridized carbons (Fsp3) is 0.688. The van der Waals surface area contributed by atoms with Crippen LogP contribution in [0.2, 0.25) is 9.50 Å². The van der Waals surface area contributed by atoms with Crippen LogP contribution in [0.25, 0.3) is 10.8 Å². The van der Waals surface area contributed by atoms with Crippen LogP contribution in [0.1, 0.15) is 80.1 Å². The van der Waals surface area contributed by atoms with E-state index in [0.717, 1.165) is 45.0 Å². The van der Waals surface area contributed by atoms with Crippen LogP contribution in [0.4, 0.5) is 5.69 Å². The normalized spacial score (nSPS) is 30.4. The molecule has 1 nitrogen and oxygen atoms in total. The quantitative estimate of drug-likeness (QED) is 0.345. The van der Waals surface area contributed by atoms with Gasteiger partial charge >= 0.3 is 216 Å². The van der Waals surface area contributed by atoms with Gasteiger partial charge < -0.3 is 0 Å². The Morgan fingerprint density at radius 1 is 0.735 bits per heavy atom. The Hall–Kier alpha value is -0.957. The Balaban J connectivity index is 1.95. The van der Waals surface area contributed by atoms with Crippen molar-refractivity contribution in [2.75, 3.05) is 19.0 Å². The van der Waals surface area contributed by atoms with Gasteiger partial charge in [0.25, 0.3) is 0 Å². The van der Waals surface area contributed by atoms with Gasteiger partial charge in [-0.05, 0) is 0 Å². The second kappa shape index (κ2) is 11.0. The Morgan fingerprint density at radius 3 is 1.71 bits per heavy atom. The zero-order valence-corrected chi connectivity index (χ0v) is 25.4. The molecule has 2 fully saturated rings. The Labute approximate surface area is 215 Å². The fourth-order valence-corrected chi connectivity index (χ4v) is 19.3. The second-order valence-corrected chi connectivity index (χ2v) is 19.0. The van der Waals surface area contributed by atoms with Gasteiger partial charge in [-0.3, -0.25) is 0 Å². The summed E-state index contributed by atoms with van der Waals surface area (Å²) in [7, 11) is 4.48. The maximum absolute atomic E-state index is 2.61. The molecule has 1 radical (unpaired) electrons. The molecular weight excluding hydrogens is 471 g/mol. The summed E-state index contributed by atoms with van der Waals surface area (Å²) in [6, 6.07) is 14.4. The molecule has 0 bridgehead atoms. The van der Waals surface area contributed by atoms with E-state index in [1.54, 1.807) is 5.39 Å². The first kappa shape index (κ1) is 26.1. The van der Waals surface area contributed by atoms with Crippen molar-refractivity contribution in [3.05, 3.63) is 36.4 Å². The molecular formula is C32H50GeN. The van der Waals surface area contributed by atoms with Crippen molar-refractivity contribution >= 4 is 35.2 Å². The van der Waals surface area contributed by atoms with E-state index >= 15 is 0 Å². The SMILES string of the molecule is CC(C)[C@@H]1CC[C@@H](C)C[C@H]1[Ge]([c]1cccc2cccc(N(C)C)c12)[C@@H]1C[C@H](C)CC[C@H]1C(C)C. The molecule has 0 spiro atoms. The minimum absolute atomic E-state index is 0.807. The molecule has 0 unspecified atom stereocenters. The van der Waals surface area contributed by atoms with Crippen molar-refractivity contribution in [1.82, 2.24) is 0 Å². The number of hydrogen-bond acceptors (Lipinski definition) is 1. The molecule has 0 aliphatic heterocycles. The van der Waals surface area contributed by atoms with Crippen molar-refractivity contribution in [2.45, 2.75) is 89.6 Å². The number of rotatable bonds is 6. The number of anilines is 1. The van der Waals surface area contributed by atoms with Crippen LogP contribution in [0.5, 0.6) is 0 Å². The average molecular weight is 521 g/mol. The number of nitrogens with zero attached hydrogens (tertiary/aromatic N) is 1. The van der Waals surface area contributed by atoms with Gasteiger partial charge in [0.05, 0.1) is 0 Å². The van der Waals surface area contributed by atoms with Gasteiger partial charge in [-0.2, -0.15) is 0 Å². The summed E-state index contributed by atoms with van der Waals surface area (Å²) in [5, 5.41) is 3.06. The number of benzene rings is 2. The molecule has 0 saturated heterocycles. The molecule has 2 aliphatic carbocycles. The molecule has 0 amide bonds. The summed E-state index contributed by atoms with van der Waals surface area (Å²) in [6.45, 7) is 15.2. The van der Waals surface area contributed by atoms with Crippen LogP contribution in [-0.2, 0) is 0 Å². The van der Waals surface area contributed by atoms with E-state index in [4.69, 9.17) is 0 Å². The summed E-state index contributed by atoms with van der Waals surface area (Å²) in [5.41, 5.74) is 1.44. The molecule has 6 atom stereocenters. The third-order valence-corrected chi connectivity index (χ3v) is 17.8. The molecule has 4 rings (SSSR count). The molecule has 0 heterocycles. The monoisotopic (exact) mass is 522 g/mol. The van der Waals surface area contributed by atoms with Gasteiger partial charge in [0.15, 0.2) is 0 Å². The van der Waals surface area contributed by atoms with Gasteiger partial charge in [-0.15, -0.1) is 0 Å². The van der Waals surface area contributed by atoms with Gasteiger partial charge in [-0.1, -0.05) is 0 Å². The van der Waals surface area contributed by atoms with E-state index in [0.29, 0.717) is 0 Å². The molecule has 2 aromatic carbocycles. The van der Waals surface area contributed by atoms with E-state index in [1.807, 2.05) is 4.40 Å². The summed E-state index contributed by atoms with van der Waals surface area (Å²) in [4.78, 5) is 2.37. The fourth-order valence-electron chi connectivity index (χ4n) is 7.73. The summed E-state index contributed by atoms with van der Waals surface area (Å²) in [6.07, 6.45) is 8.76. The molecule has 2 aromatic rings. The summed E-state index contributed by atoms with van der Waals surface area (Å²) >= 11 is -1.70. The Kier molecular flexibility index (Phi) is 8.43. The molecule has 2 aliphatic rings. The van der Waals surface area contributed by atoms with Crippen molar-refractivity contribution < 1.29 is 0 Å². The zero-order chi connectivity index (χ0) is 24.6. The van der Waals surface area contributed by atoms with Crippen molar-refractivity contribution in [3.63, 3.8) is 0 Å². The molecule has 0 aromatic heterocycles. The van der Waals surface area contributed by atoms with E-state index < -0.39 is 14.3 Å². The molecule has 34 heavy (non-hydrogen) atoms. The second-order valence-electron chi connectivity index (χ2n) is 12.9. The van der Waals surface area contributed by atoms with Crippen LogP contribution in [-0.4, -0.2) is 28.4 Å². The van der Waals surface area contributed by atoms with Crippen molar-refractivity contribution in [1.29, 1.82) is 0 Å². The van der Waals surface area contributed by atoms with Crippen molar-refractivity contribution in [2.24, 2.45) is 35.5 Å².